The lowest BCUT2D eigenvalue weighted by molar-refractivity contribution is 1.23. The number of rotatable bonds is 1. The first kappa shape index (κ1) is 8.97. The standard InChI is InChI=1S/C10H7ClN2O/c11-9-5-7(6-10(14)13-9)8-3-1-2-4-12-8/h1-6H,(H,13,14). The Morgan fingerprint density at radius 2 is 2.14 bits per heavy atom. The zero-order valence-corrected chi connectivity index (χ0v) is 7.95. The fraction of sp³-hybridized carbons (Fsp3) is 0. The predicted molar refractivity (Wildman–Crippen MR) is 55.3 cm³/mol. The highest BCUT2D eigenvalue weighted by molar-refractivity contribution is 6.29. The molecule has 0 spiro atoms. The van der Waals surface area contributed by atoms with Crippen LogP contribution < -0.4 is 5.56 Å². The van der Waals surface area contributed by atoms with Gasteiger partial charge in [0, 0.05) is 17.8 Å². The first-order chi connectivity index (χ1) is 6.75. The molecule has 0 aliphatic heterocycles. The second-order valence-electron chi connectivity index (χ2n) is 2.80. The van der Waals surface area contributed by atoms with Gasteiger partial charge in [-0.05, 0) is 18.2 Å². The Labute approximate surface area is 85.4 Å². The van der Waals surface area contributed by atoms with E-state index in [1.54, 1.807) is 12.3 Å². The molecule has 0 amide bonds. The van der Waals surface area contributed by atoms with Crippen molar-refractivity contribution < 1.29 is 0 Å². The van der Waals surface area contributed by atoms with E-state index in [2.05, 4.69) is 9.97 Å². The summed E-state index contributed by atoms with van der Waals surface area (Å²) >= 11 is 5.72. The highest BCUT2D eigenvalue weighted by Gasteiger charge is 2.00. The minimum atomic E-state index is -0.224. The molecule has 2 heterocycles. The molecule has 4 heteroatoms. The number of halogens is 1. The normalized spacial score (nSPS) is 10.1. The third-order valence-corrected chi connectivity index (χ3v) is 1.98. The van der Waals surface area contributed by atoms with Crippen molar-refractivity contribution in [3.63, 3.8) is 0 Å². The van der Waals surface area contributed by atoms with Crippen LogP contribution in [0.3, 0.4) is 0 Å². The van der Waals surface area contributed by atoms with Gasteiger partial charge in [-0.15, -0.1) is 0 Å². The monoisotopic (exact) mass is 206 g/mol. The number of pyridine rings is 2. The Morgan fingerprint density at radius 3 is 2.79 bits per heavy atom. The fourth-order valence-corrected chi connectivity index (χ4v) is 1.40. The number of aromatic amines is 1. The van der Waals surface area contributed by atoms with Gasteiger partial charge in [0.15, 0.2) is 0 Å². The molecule has 0 bridgehead atoms. The van der Waals surface area contributed by atoms with Gasteiger partial charge in [-0.3, -0.25) is 9.78 Å². The van der Waals surface area contributed by atoms with Crippen LogP contribution in [0.1, 0.15) is 0 Å². The van der Waals surface area contributed by atoms with Gasteiger partial charge < -0.3 is 4.98 Å². The van der Waals surface area contributed by atoms with Gasteiger partial charge in [0.05, 0.1) is 5.69 Å². The number of hydrogen-bond donors (Lipinski definition) is 1. The Kier molecular flexibility index (Phi) is 2.33. The maximum atomic E-state index is 11.1. The number of hydrogen-bond acceptors (Lipinski definition) is 2. The van der Waals surface area contributed by atoms with Crippen LogP contribution in [0.5, 0.6) is 0 Å². The summed E-state index contributed by atoms with van der Waals surface area (Å²) in [5, 5.41) is 0.318. The van der Waals surface area contributed by atoms with Gasteiger partial charge in [0.1, 0.15) is 5.15 Å². The molecule has 2 aromatic rings. The fourth-order valence-electron chi connectivity index (χ4n) is 1.19. The highest BCUT2D eigenvalue weighted by Crippen LogP contribution is 2.16. The average Bonchev–Trinajstić information content (AvgIpc) is 2.18. The summed E-state index contributed by atoms with van der Waals surface area (Å²) in [4.78, 5) is 17.7. The minimum Gasteiger partial charge on any atom is -0.313 e. The molecule has 0 saturated carbocycles. The summed E-state index contributed by atoms with van der Waals surface area (Å²) in [7, 11) is 0. The van der Waals surface area contributed by atoms with Crippen LogP contribution in [0.15, 0.2) is 41.3 Å². The van der Waals surface area contributed by atoms with Crippen molar-refractivity contribution in [3.05, 3.63) is 52.0 Å². The summed E-state index contributed by atoms with van der Waals surface area (Å²) in [6.07, 6.45) is 1.67. The first-order valence-electron chi connectivity index (χ1n) is 4.07. The van der Waals surface area contributed by atoms with E-state index >= 15 is 0 Å². The summed E-state index contributed by atoms with van der Waals surface area (Å²) < 4.78 is 0. The SMILES string of the molecule is O=c1cc(-c2ccccn2)cc(Cl)[nH]1. The van der Waals surface area contributed by atoms with Crippen LogP contribution in [0.2, 0.25) is 5.15 Å². The molecule has 0 unspecified atom stereocenters. The van der Waals surface area contributed by atoms with E-state index in [9.17, 15) is 4.79 Å². The van der Waals surface area contributed by atoms with E-state index in [0.29, 0.717) is 5.15 Å². The van der Waals surface area contributed by atoms with E-state index in [-0.39, 0.29) is 5.56 Å². The first-order valence-corrected chi connectivity index (χ1v) is 4.45. The van der Waals surface area contributed by atoms with Crippen molar-refractivity contribution >= 4 is 11.6 Å². The zero-order valence-electron chi connectivity index (χ0n) is 7.20. The quantitative estimate of drug-likeness (QED) is 0.727. The van der Waals surface area contributed by atoms with E-state index in [4.69, 9.17) is 11.6 Å². The lowest BCUT2D eigenvalue weighted by Crippen LogP contribution is -2.04. The molecule has 0 fully saturated rings. The lowest BCUT2D eigenvalue weighted by atomic mass is 10.2. The Morgan fingerprint density at radius 1 is 1.29 bits per heavy atom. The molecule has 1 N–H and O–H groups in total. The van der Waals surface area contributed by atoms with E-state index in [1.165, 1.54) is 6.07 Å². The van der Waals surface area contributed by atoms with Gasteiger partial charge >= 0.3 is 0 Å². The molecule has 0 saturated heterocycles. The minimum absolute atomic E-state index is 0.224. The Bertz CT molecular complexity index is 493. The van der Waals surface area contributed by atoms with Gasteiger partial charge in [0.25, 0.3) is 0 Å². The van der Waals surface area contributed by atoms with Gasteiger partial charge in [-0.25, -0.2) is 0 Å². The molecule has 14 heavy (non-hydrogen) atoms. The molecule has 3 nitrogen and oxygen atoms in total. The van der Waals surface area contributed by atoms with Crippen molar-refractivity contribution in [2.24, 2.45) is 0 Å². The third-order valence-electron chi connectivity index (χ3n) is 1.77. The van der Waals surface area contributed by atoms with Crippen LogP contribution in [-0.4, -0.2) is 9.97 Å². The Hall–Kier alpha value is -1.61. The molecule has 2 aromatic heterocycles. The average molecular weight is 207 g/mol. The number of nitrogens with one attached hydrogen (secondary N) is 1. The van der Waals surface area contributed by atoms with Gasteiger partial charge in [-0.2, -0.15) is 0 Å². The summed E-state index contributed by atoms with van der Waals surface area (Å²) in [5.74, 6) is 0. The molecular formula is C10H7ClN2O. The van der Waals surface area contributed by atoms with Crippen LogP contribution >= 0.6 is 11.6 Å². The molecule has 0 aliphatic rings. The van der Waals surface area contributed by atoms with E-state index < -0.39 is 0 Å². The number of aromatic nitrogens is 2. The van der Waals surface area contributed by atoms with Crippen molar-refractivity contribution in [1.29, 1.82) is 0 Å². The van der Waals surface area contributed by atoms with Crippen LogP contribution in [0.25, 0.3) is 11.3 Å². The number of H-pyrrole nitrogens is 1. The second kappa shape index (κ2) is 3.64. The van der Waals surface area contributed by atoms with Crippen LogP contribution in [0.4, 0.5) is 0 Å². The molecule has 0 aliphatic carbocycles. The van der Waals surface area contributed by atoms with Crippen molar-refractivity contribution in [3.8, 4) is 11.3 Å². The summed E-state index contributed by atoms with van der Waals surface area (Å²) in [6, 6.07) is 8.64. The zero-order chi connectivity index (χ0) is 9.97. The molecule has 0 radical (unpaired) electrons. The molecule has 0 atom stereocenters. The molecule has 0 aromatic carbocycles. The molecular weight excluding hydrogens is 200 g/mol. The third kappa shape index (κ3) is 1.83. The summed E-state index contributed by atoms with van der Waals surface area (Å²) in [5.41, 5.74) is 1.23. The molecule has 70 valence electrons. The molecule has 2 rings (SSSR count). The maximum Gasteiger partial charge on any atom is 0.249 e. The van der Waals surface area contributed by atoms with Crippen molar-refractivity contribution in [2.45, 2.75) is 0 Å². The van der Waals surface area contributed by atoms with Gasteiger partial charge in [0.2, 0.25) is 5.56 Å². The predicted octanol–water partition coefficient (Wildman–Crippen LogP) is 2.09. The van der Waals surface area contributed by atoms with E-state index in [1.807, 2.05) is 18.2 Å². The number of nitrogens with zero attached hydrogens (tertiary/aromatic N) is 1. The van der Waals surface area contributed by atoms with Crippen LogP contribution in [-0.2, 0) is 0 Å². The smallest absolute Gasteiger partial charge is 0.249 e. The highest BCUT2D eigenvalue weighted by atomic mass is 35.5. The largest absolute Gasteiger partial charge is 0.313 e. The van der Waals surface area contributed by atoms with Crippen molar-refractivity contribution in [1.82, 2.24) is 9.97 Å². The van der Waals surface area contributed by atoms with Crippen molar-refractivity contribution in [2.75, 3.05) is 0 Å². The van der Waals surface area contributed by atoms with Crippen LogP contribution in [0, 0.1) is 0 Å². The second-order valence-corrected chi connectivity index (χ2v) is 3.20. The summed E-state index contributed by atoms with van der Waals surface area (Å²) in [6.45, 7) is 0. The van der Waals surface area contributed by atoms with E-state index in [0.717, 1.165) is 11.3 Å². The Balaban J connectivity index is 2.58. The van der Waals surface area contributed by atoms with Gasteiger partial charge in [-0.1, -0.05) is 17.7 Å². The lowest BCUT2D eigenvalue weighted by Gasteiger charge is -1.99. The maximum absolute atomic E-state index is 11.1. The topological polar surface area (TPSA) is 45.8 Å².